The molecule has 0 N–H and O–H groups in total. The van der Waals surface area contributed by atoms with Crippen LogP contribution in [0.25, 0.3) is 0 Å². The Kier molecular flexibility index (Phi) is 3.56. The van der Waals surface area contributed by atoms with E-state index in [1.54, 1.807) is 30.2 Å². The Balaban J connectivity index is 2.13. The summed E-state index contributed by atoms with van der Waals surface area (Å²) in [5.41, 5.74) is 1.02. The molecule has 2 aromatic rings. The van der Waals surface area contributed by atoms with E-state index in [0.717, 1.165) is 17.1 Å². The Morgan fingerprint density at radius 2 is 2.06 bits per heavy atom. The van der Waals surface area contributed by atoms with Crippen LogP contribution in [0.2, 0.25) is 0 Å². The minimum absolute atomic E-state index is 0.216. The van der Waals surface area contributed by atoms with Crippen molar-refractivity contribution in [3.8, 4) is 0 Å². The summed E-state index contributed by atoms with van der Waals surface area (Å²) in [6, 6.07) is 6.45. The van der Waals surface area contributed by atoms with Crippen LogP contribution in [0.1, 0.15) is 11.4 Å². The Morgan fingerprint density at radius 3 is 2.75 bits per heavy atom. The van der Waals surface area contributed by atoms with Crippen LogP contribution in [0.15, 0.2) is 30.6 Å². The predicted octanol–water partition coefficient (Wildman–Crippen LogP) is 2.33. The molecule has 0 unspecified atom stereocenters. The summed E-state index contributed by atoms with van der Waals surface area (Å²) in [5, 5.41) is 4.15. The standard InChI is InChI=1S/C11H12FN3S/c1-16-7-11-13-8-14-15(11)6-9-2-4-10(12)5-3-9/h2-5,8H,6-7H2,1H3. The van der Waals surface area contributed by atoms with Crippen molar-refractivity contribution in [1.29, 1.82) is 0 Å². The van der Waals surface area contributed by atoms with Crippen molar-refractivity contribution in [2.24, 2.45) is 0 Å². The molecule has 0 aliphatic rings. The lowest BCUT2D eigenvalue weighted by molar-refractivity contribution is 0.622. The number of nitrogens with zero attached hydrogens (tertiary/aromatic N) is 3. The van der Waals surface area contributed by atoms with Crippen LogP contribution in [0.3, 0.4) is 0 Å². The van der Waals surface area contributed by atoms with E-state index in [9.17, 15) is 4.39 Å². The summed E-state index contributed by atoms with van der Waals surface area (Å²) in [7, 11) is 0. The number of benzene rings is 1. The molecule has 84 valence electrons. The van der Waals surface area contributed by atoms with Gasteiger partial charge in [-0.1, -0.05) is 12.1 Å². The van der Waals surface area contributed by atoms with Gasteiger partial charge in [0.15, 0.2) is 0 Å². The molecule has 5 heteroatoms. The maximum absolute atomic E-state index is 12.7. The SMILES string of the molecule is CSCc1ncnn1Cc1ccc(F)cc1. The molecule has 1 heterocycles. The number of rotatable bonds is 4. The molecule has 0 atom stereocenters. The van der Waals surface area contributed by atoms with Gasteiger partial charge >= 0.3 is 0 Å². The first-order valence-electron chi connectivity index (χ1n) is 4.89. The van der Waals surface area contributed by atoms with E-state index in [1.165, 1.54) is 12.1 Å². The normalized spacial score (nSPS) is 10.6. The summed E-state index contributed by atoms with van der Waals surface area (Å²) in [6.07, 6.45) is 3.58. The molecule has 0 saturated carbocycles. The average molecular weight is 237 g/mol. The molecule has 1 aromatic heterocycles. The van der Waals surface area contributed by atoms with Crippen LogP contribution < -0.4 is 0 Å². The van der Waals surface area contributed by atoms with Gasteiger partial charge in [-0.3, -0.25) is 0 Å². The zero-order chi connectivity index (χ0) is 11.4. The maximum Gasteiger partial charge on any atom is 0.138 e. The topological polar surface area (TPSA) is 30.7 Å². The second kappa shape index (κ2) is 5.12. The number of aromatic nitrogens is 3. The molecule has 0 aliphatic carbocycles. The zero-order valence-electron chi connectivity index (χ0n) is 8.93. The van der Waals surface area contributed by atoms with E-state index in [4.69, 9.17) is 0 Å². The fourth-order valence-corrected chi connectivity index (χ4v) is 1.91. The third-order valence-corrected chi connectivity index (χ3v) is 2.76. The number of hydrogen-bond donors (Lipinski definition) is 0. The van der Waals surface area contributed by atoms with E-state index in [2.05, 4.69) is 10.1 Å². The van der Waals surface area contributed by atoms with Crippen molar-refractivity contribution in [1.82, 2.24) is 14.8 Å². The van der Waals surface area contributed by atoms with E-state index in [1.807, 2.05) is 10.9 Å². The van der Waals surface area contributed by atoms with Crippen molar-refractivity contribution < 1.29 is 4.39 Å². The fourth-order valence-electron chi connectivity index (χ4n) is 1.42. The first-order chi connectivity index (χ1) is 7.79. The molecule has 0 fully saturated rings. The van der Waals surface area contributed by atoms with E-state index in [0.29, 0.717) is 6.54 Å². The van der Waals surface area contributed by atoms with Gasteiger partial charge in [0, 0.05) is 0 Å². The molecule has 0 radical (unpaired) electrons. The second-order valence-electron chi connectivity index (χ2n) is 3.39. The van der Waals surface area contributed by atoms with Crippen LogP contribution in [0.4, 0.5) is 4.39 Å². The minimum Gasteiger partial charge on any atom is -0.245 e. The molecule has 16 heavy (non-hydrogen) atoms. The zero-order valence-corrected chi connectivity index (χ0v) is 9.75. The van der Waals surface area contributed by atoms with Crippen LogP contribution >= 0.6 is 11.8 Å². The number of hydrogen-bond acceptors (Lipinski definition) is 3. The first-order valence-corrected chi connectivity index (χ1v) is 6.29. The molecule has 0 spiro atoms. The van der Waals surface area contributed by atoms with Gasteiger partial charge in [-0.05, 0) is 24.0 Å². The van der Waals surface area contributed by atoms with Gasteiger partial charge in [0.2, 0.25) is 0 Å². The highest BCUT2D eigenvalue weighted by molar-refractivity contribution is 7.97. The Morgan fingerprint density at radius 1 is 1.31 bits per heavy atom. The van der Waals surface area contributed by atoms with Gasteiger partial charge in [-0.25, -0.2) is 14.1 Å². The highest BCUT2D eigenvalue weighted by Gasteiger charge is 2.04. The quantitative estimate of drug-likeness (QED) is 0.817. The summed E-state index contributed by atoms with van der Waals surface area (Å²) in [5.74, 6) is 1.56. The Bertz CT molecular complexity index is 453. The molecular formula is C11H12FN3S. The van der Waals surface area contributed by atoms with Crippen LogP contribution in [-0.4, -0.2) is 21.0 Å². The van der Waals surface area contributed by atoms with Gasteiger partial charge in [-0.15, -0.1) is 0 Å². The molecule has 2 rings (SSSR count). The summed E-state index contributed by atoms with van der Waals surface area (Å²) < 4.78 is 14.6. The maximum atomic E-state index is 12.7. The minimum atomic E-state index is -0.216. The largest absolute Gasteiger partial charge is 0.245 e. The monoisotopic (exact) mass is 237 g/mol. The molecule has 3 nitrogen and oxygen atoms in total. The molecule has 0 amide bonds. The van der Waals surface area contributed by atoms with Crippen molar-refractivity contribution in [3.05, 3.63) is 47.8 Å². The average Bonchev–Trinajstić information content (AvgIpc) is 2.70. The van der Waals surface area contributed by atoms with Gasteiger partial charge in [0.05, 0.1) is 12.3 Å². The van der Waals surface area contributed by atoms with Crippen molar-refractivity contribution >= 4 is 11.8 Å². The third kappa shape index (κ3) is 2.61. The first kappa shape index (κ1) is 11.1. The lowest BCUT2D eigenvalue weighted by Gasteiger charge is -2.05. The highest BCUT2D eigenvalue weighted by atomic mass is 32.2. The lowest BCUT2D eigenvalue weighted by atomic mass is 10.2. The second-order valence-corrected chi connectivity index (χ2v) is 4.26. The molecule has 0 aliphatic heterocycles. The van der Waals surface area contributed by atoms with Crippen LogP contribution in [0, 0.1) is 5.82 Å². The smallest absolute Gasteiger partial charge is 0.138 e. The lowest BCUT2D eigenvalue weighted by Crippen LogP contribution is -2.06. The van der Waals surface area contributed by atoms with Crippen molar-refractivity contribution in [2.75, 3.05) is 6.26 Å². The molecule has 0 bridgehead atoms. The summed E-state index contributed by atoms with van der Waals surface area (Å²) >= 11 is 1.70. The third-order valence-electron chi connectivity index (χ3n) is 2.21. The van der Waals surface area contributed by atoms with Crippen LogP contribution in [0.5, 0.6) is 0 Å². The van der Waals surface area contributed by atoms with E-state index >= 15 is 0 Å². The predicted molar refractivity (Wildman–Crippen MR) is 62.7 cm³/mol. The number of halogens is 1. The van der Waals surface area contributed by atoms with Crippen LogP contribution in [-0.2, 0) is 12.3 Å². The summed E-state index contributed by atoms with van der Waals surface area (Å²) in [4.78, 5) is 4.18. The number of thioether (sulfide) groups is 1. The molecular weight excluding hydrogens is 225 g/mol. The van der Waals surface area contributed by atoms with Crippen molar-refractivity contribution in [3.63, 3.8) is 0 Å². The van der Waals surface area contributed by atoms with Gasteiger partial charge in [-0.2, -0.15) is 16.9 Å². The van der Waals surface area contributed by atoms with E-state index in [-0.39, 0.29) is 5.82 Å². The Labute approximate surface area is 97.7 Å². The summed E-state index contributed by atoms with van der Waals surface area (Å²) in [6.45, 7) is 0.635. The molecule has 1 aromatic carbocycles. The van der Waals surface area contributed by atoms with E-state index < -0.39 is 0 Å². The molecule has 0 saturated heterocycles. The van der Waals surface area contributed by atoms with Gasteiger partial charge < -0.3 is 0 Å². The van der Waals surface area contributed by atoms with Gasteiger partial charge in [0.1, 0.15) is 18.0 Å². The highest BCUT2D eigenvalue weighted by Crippen LogP contribution is 2.09. The van der Waals surface area contributed by atoms with Gasteiger partial charge in [0.25, 0.3) is 0 Å². The fraction of sp³-hybridized carbons (Fsp3) is 0.273. The van der Waals surface area contributed by atoms with Crippen molar-refractivity contribution in [2.45, 2.75) is 12.3 Å². The Hall–Kier alpha value is -1.36.